The van der Waals surface area contributed by atoms with Crippen molar-refractivity contribution >= 4 is 43.4 Å². The SMILES string of the molecule is Cc1cccnc1-c1ccc(-c2ccc3c4ccc5cc(-c6ccc7ccccc7c6)ccc5c4n(-c4ccccc4)c3c2)cn1. The summed E-state index contributed by atoms with van der Waals surface area (Å²) in [7, 11) is 0. The fourth-order valence-electron chi connectivity index (χ4n) is 6.87. The highest BCUT2D eigenvalue weighted by Crippen LogP contribution is 2.39. The van der Waals surface area contributed by atoms with Crippen LogP contribution in [-0.2, 0) is 0 Å². The minimum Gasteiger partial charge on any atom is -0.309 e. The largest absolute Gasteiger partial charge is 0.309 e. The molecule has 0 bridgehead atoms. The van der Waals surface area contributed by atoms with E-state index in [9.17, 15) is 0 Å². The molecule has 0 spiro atoms. The molecule has 0 amide bonds. The first kappa shape index (κ1) is 26.4. The molecule has 0 unspecified atom stereocenters. The lowest BCUT2D eigenvalue weighted by molar-refractivity contribution is 1.19. The molecule has 3 heterocycles. The smallest absolute Gasteiger partial charge is 0.0915 e. The molecule has 6 aromatic carbocycles. The molecular weight excluding hydrogens is 558 g/mol. The van der Waals surface area contributed by atoms with Gasteiger partial charge in [-0.2, -0.15) is 0 Å². The Morgan fingerprint density at radius 3 is 1.96 bits per heavy atom. The fourth-order valence-corrected chi connectivity index (χ4v) is 6.87. The van der Waals surface area contributed by atoms with Crippen LogP contribution >= 0.6 is 0 Å². The summed E-state index contributed by atoms with van der Waals surface area (Å²) in [5, 5.41) is 7.46. The van der Waals surface area contributed by atoms with Gasteiger partial charge in [-0.1, -0.05) is 103 Å². The van der Waals surface area contributed by atoms with Crippen molar-refractivity contribution < 1.29 is 0 Å². The van der Waals surface area contributed by atoms with Gasteiger partial charge in [0.05, 0.1) is 22.4 Å². The number of fused-ring (bicyclic) bond motifs is 6. The van der Waals surface area contributed by atoms with Crippen molar-refractivity contribution in [3.63, 3.8) is 0 Å². The van der Waals surface area contributed by atoms with Crippen molar-refractivity contribution in [3.8, 4) is 39.3 Å². The summed E-state index contributed by atoms with van der Waals surface area (Å²) < 4.78 is 2.42. The van der Waals surface area contributed by atoms with Crippen molar-refractivity contribution in [2.45, 2.75) is 6.92 Å². The van der Waals surface area contributed by atoms with Crippen LogP contribution in [0, 0.1) is 6.92 Å². The predicted octanol–water partition coefficient (Wildman–Crippen LogP) is 11.2. The zero-order valence-corrected chi connectivity index (χ0v) is 25.4. The lowest BCUT2D eigenvalue weighted by Gasteiger charge is -2.12. The summed E-state index contributed by atoms with van der Waals surface area (Å²) in [6.07, 6.45) is 3.78. The fraction of sp³-hybridized carbons (Fsp3) is 0.0233. The van der Waals surface area contributed by atoms with E-state index in [4.69, 9.17) is 4.98 Å². The van der Waals surface area contributed by atoms with Crippen LogP contribution in [0.2, 0.25) is 0 Å². The van der Waals surface area contributed by atoms with Crippen LogP contribution in [0.1, 0.15) is 5.56 Å². The van der Waals surface area contributed by atoms with Gasteiger partial charge in [0.2, 0.25) is 0 Å². The second-order valence-electron chi connectivity index (χ2n) is 12.0. The van der Waals surface area contributed by atoms with E-state index in [1.807, 2.05) is 18.5 Å². The van der Waals surface area contributed by atoms with E-state index in [1.54, 1.807) is 0 Å². The maximum absolute atomic E-state index is 4.81. The van der Waals surface area contributed by atoms with E-state index >= 15 is 0 Å². The van der Waals surface area contributed by atoms with E-state index in [0.717, 1.165) is 33.8 Å². The van der Waals surface area contributed by atoms with Crippen LogP contribution in [0.5, 0.6) is 0 Å². The molecule has 3 nitrogen and oxygen atoms in total. The average molecular weight is 588 g/mol. The monoisotopic (exact) mass is 587 g/mol. The minimum atomic E-state index is 0.885. The molecule has 0 saturated carbocycles. The maximum atomic E-state index is 4.81. The van der Waals surface area contributed by atoms with Gasteiger partial charge in [0.15, 0.2) is 0 Å². The zero-order chi connectivity index (χ0) is 30.6. The zero-order valence-electron chi connectivity index (χ0n) is 25.4. The first-order valence-electron chi connectivity index (χ1n) is 15.7. The normalized spacial score (nSPS) is 11.6. The van der Waals surface area contributed by atoms with Crippen LogP contribution < -0.4 is 0 Å². The molecule has 46 heavy (non-hydrogen) atoms. The van der Waals surface area contributed by atoms with Gasteiger partial charge in [0, 0.05) is 39.8 Å². The molecule has 0 saturated heterocycles. The van der Waals surface area contributed by atoms with Crippen LogP contribution in [-0.4, -0.2) is 14.5 Å². The van der Waals surface area contributed by atoms with E-state index in [2.05, 4.69) is 156 Å². The van der Waals surface area contributed by atoms with E-state index in [-0.39, 0.29) is 0 Å². The van der Waals surface area contributed by atoms with E-state index in [0.29, 0.717) is 0 Å². The van der Waals surface area contributed by atoms with Gasteiger partial charge in [0.1, 0.15) is 0 Å². The summed E-state index contributed by atoms with van der Waals surface area (Å²) in [6.45, 7) is 2.07. The molecule has 0 N–H and O–H groups in total. The highest BCUT2D eigenvalue weighted by molar-refractivity contribution is 6.19. The van der Waals surface area contributed by atoms with Gasteiger partial charge in [-0.05, 0) is 87.8 Å². The standard InChI is InChI=1S/C43H29N3/c1-28-8-7-23-44-42(28)40-22-18-35(27-45-40)33-16-20-38-39-21-17-34-25-32(31-14-13-29-9-5-6-10-30(29)24-31)15-19-37(34)43(39)46(41(38)26-33)36-11-3-2-4-12-36/h2-27H,1H3. The highest BCUT2D eigenvalue weighted by Gasteiger charge is 2.17. The van der Waals surface area contributed by atoms with E-state index in [1.165, 1.54) is 54.5 Å². The quantitative estimate of drug-likeness (QED) is 0.205. The number of para-hydroxylation sites is 1. The molecule has 0 fully saturated rings. The van der Waals surface area contributed by atoms with Gasteiger partial charge >= 0.3 is 0 Å². The first-order valence-corrected chi connectivity index (χ1v) is 15.7. The van der Waals surface area contributed by atoms with Gasteiger partial charge in [-0.25, -0.2) is 0 Å². The van der Waals surface area contributed by atoms with Gasteiger partial charge in [-0.15, -0.1) is 0 Å². The topological polar surface area (TPSA) is 30.7 Å². The Hall–Kier alpha value is -6.06. The molecule has 9 aromatic rings. The predicted molar refractivity (Wildman–Crippen MR) is 192 cm³/mol. The van der Waals surface area contributed by atoms with Gasteiger partial charge in [-0.3, -0.25) is 9.97 Å². The lowest BCUT2D eigenvalue weighted by Crippen LogP contribution is -1.94. The third-order valence-electron chi connectivity index (χ3n) is 9.19. The van der Waals surface area contributed by atoms with Crippen LogP contribution in [0.15, 0.2) is 158 Å². The molecule has 0 atom stereocenters. The minimum absolute atomic E-state index is 0.885. The maximum Gasteiger partial charge on any atom is 0.0915 e. The Labute approximate surface area is 267 Å². The molecule has 9 rings (SSSR count). The molecule has 0 radical (unpaired) electrons. The molecular formula is C43H29N3. The second kappa shape index (κ2) is 10.5. The number of rotatable bonds is 4. The number of pyridine rings is 2. The molecule has 3 heteroatoms. The Morgan fingerprint density at radius 2 is 1.15 bits per heavy atom. The number of aryl methyl sites for hydroxylation is 1. The van der Waals surface area contributed by atoms with E-state index < -0.39 is 0 Å². The summed E-state index contributed by atoms with van der Waals surface area (Å²) >= 11 is 0. The molecule has 216 valence electrons. The van der Waals surface area contributed by atoms with Gasteiger partial charge < -0.3 is 4.57 Å². The summed E-state index contributed by atoms with van der Waals surface area (Å²) in [5.74, 6) is 0. The van der Waals surface area contributed by atoms with Crippen molar-refractivity contribution in [1.82, 2.24) is 14.5 Å². The van der Waals surface area contributed by atoms with Crippen molar-refractivity contribution in [3.05, 3.63) is 164 Å². The summed E-state index contributed by atoms with van der Waals surface area (Å²) in [5.41, 5.74) is 11.1. The summed E-state index contributed by atoms with van der Waals surface area (Å²) in [6, 6.07) is 52.4. The van der Waals surface area contributed by atoms with Crippen LogP contribution in [0.3, 0.4) is 0 Å². The number of hydrogen-bond donors (Lipinski definition) is 0. The number of benzene rings is 6. The Morgan fingerprint density at radius 1 is 0.478 bits per heavy atom. The Balaban J connectivity index is 1.22. The van der Waals surface area contributed by atoms with Crippen molar-refractivity contribution in [2.24, 2.45) is 0 Å². The molecule has 3 aromatic heterocycles. The average Bonchev–Trinajstić information content (AvgIpc) is 3.46. The first-order chi connectivity index (χ1) is 22.7. The van der Waals surface area contributed by atoms with Crippen molar-refractivity contribution in [1.29, 1.82) is 0 Å². The Bertz CT molecular complexity index is 2580. The number of nitrogens with zero attached hydrogens (tertiary/aromatic N) is 3. The van der Waals surface area contributed by atoms with Gasteiger partial charge in [0.25, 0.3) is 0 Å². The number of aromatic nitrogens is 3. The second-order valence-corrected chi connectivity index (χ2v) is 12.0. The third kappa shape index (κ3) is 4.28. The molecule has 0 aliphatic carbocycles. The highest BCUT2D eigenvalue weighted by atomic mass is 15.0. The number of hydrogen-bond acceptors (Lipinski definition) is 2. The third-order valence-corrected chi connectivity index (χ3v) is 9.19. The van der Waals surface area contributed by atoms with Crippen LogP contribution in [0.25, 0.3) is 82.7 Å². The lowest BCUT2D eigenvalue weighted by atomic mass is 9.97. The van der Waals surface area contributed by atoms with Crippen molar-refractivity contribution in [2.75, 3.05) is 0 Å². The molecule has 0 aliphatic heterocycles. The molecule has 0 aliphatic rings. The Kier molecular flexibility index (Phi) is 6.04. The summed E-state index contributed by atoms with van der Waals surface area (Å²) in [4.78, 5) is 9.37. The van der Waals surface area contributed by atoms with Crippen LogP contribution in [0.4, 0.5) is 0 Å².